The fourth-order valence-corrected chi connectivity index (χ4v) is 3.25. The van der Waals surface area contributed by atoms with E-state index in [9.17, 15) is 9.18 Å². The first kappa shape index (κ1) is 14.4. The predicted octanol–water partition coefficient (Wildman–Crippen LogP) is 2.66. The summed E-state index contributed by atoms with van der Waals surface area (Å²) in [5, 5.41) is 1.12. The maximum atomic E-state index is 13.9. The molecule has 118 valence electrons. The van der Waals surface area contributed by atoms with Gasteiger partial charge in [-0.25, -0.2) is 4.39 Å². The Morgan fingerprint density at radius 2 is 1.70 bits per heavy atom. The number of hydroxylamine groups is 1. The number of anilines is 1. The van der Waals surface area contributed by atoms with E-state index < -0.39 is 5.82 Å². The second-order valence-electron chi connectivity index (χ2n) is 5.93. The highest BCUT2D eigenvalue weighted by atomic mass is 19.1. The summed E-state index contributed by atoms with van der Waals surface area (Å²) >= 11 is 0. The molecule has 0 radical (unpaired) electrons. The van der Waals surface area contributed by atoms with Gasteiger partial charge in [-0.1, -0.05) is 36.4 Å². The molecule has 0 saturated carbocycles. The minimum Gasteiger partial charge on any atom is -0.292 e. The first-order chi connectivity index (χ1) is 11.2. The van der Waals surface area contributed by atoms with Crippen LogP contribution < -0.4 is 5.06 Å². The van der Waals surface area contributed by atoms with Crippen LogP contribution in [0.15, 0.2) is 42.5 Å². The monoisotopic (exact) mass is 312 g/mol. The third-order valence-electron chi connectivity index (χ3n) is 4.38. The summed E-state index contributed by atoms with van der Waals surface area (Å²) in [7, 11) is 0. The van der Waals surface area contributed by atoms with Crippen molar-refractivity contribution in [1.29, 1.82) is 0 Å². The van der Waals surface area contributed by atoms with E-state index in [0.29, 0.717) is 18.7 Å². The number of carbonyl (C=O) groups excluding carboxylic acids is 1. The van der Waals surface area contributed by atoms with Gasteiger partial charge in [-0.05, 0) is 22.8 Å². The predicted molar refractivity (Wildman–Crippen MR) is 84.1 cm³/mol. The molecule has 5 heteroatoms. The first-order valence-corrected chi connectivity index (χ1v) is 7.75. The van der Waals surface area contributed by atoms with Crippen molar-refractivity contribution in [3.05, 3.63) is 65.0 Å². The number of hydrogen-bond donors (Lipinski definition) is 0. The third-order valence-corrected chi connectivity index (χ3v) is 4.38. The van der Waals surface area contributed by atoms with Crippen molar-refractivity contribution in [3.63, 3.8) is 0 Å². The van der Waals surface area contributed by atoms with Gasteiger partial charge in [-0.15, -0.1) is 0 Å². The minimum absolute atomic E-state index is 0.197. The van der Waals surface area contributed by atoms with Crippen LogP contribution in [0.2, 0.25) is 0 Å². The van der Waals surface area contributed by atoms with Crippen LogP contribution in [0.4, 0.5) is 10.1 Å². The number of fused-ring (bicyclic) bond motifs is 2. The molecule has 0 spiro atoms. The van der Waals surface area contributed by atoms with Crippen molar-refractivity contribution < 1.29 is 14.0 Å². The average Bonchev–Trinajstić information content (AvgIpc) is 3.09. The van der Waals surface area contributed by atoms with E-state index in [-0.39, 0.29) is 18.0 Å². The molecule has 4 rings (SSSR count). The van der Waals surface area contributed by atoms with Gasteiger partial charge in [0.25, 0.3) is 5.91 Å². The first-order valence-electron chi connectivity index (χ1n) is 7.75. The quantitative estimate of drug-likeness (QED) is 0.870. The number of hydrogen-bond acceptors (Lipinski definition) is 3. The van der Waals surface area contributed by atoms with Crippen molar-refractivity contribution in [2.75, 3.05) is 18.2 Å². The van der Waals surface area contributed by atoms with Gasteiger partial charge in [0.2, 0.25) is 0 Å². The fraction of sp³-hybridized carbons (Fsp3) is 0.278. The summed E-state index contributed by atoms with van der Waals surface area (Å²) in [6.07, 6.45) is 0.197. The molecule has 1 amide bonds. The Kier molecular flexibility index (Phi) is 3.59. The van der Waals surface area contributed by atoms with Crippen LogP contribution >= 0.6 is 0 Å². The smallest absolute Gasteiger partial charge is 0.255 e. The standard InChI is InChI=1S/C18H17FN2O2/c19-16-7-3-6-13-10-17(22)21(18(13)16)23-9-8-20-11-14-4-1-2-5-15(14)12-20/h1-7H,8-12H2. The molecule has 0 unspecified atom stereocenters. The topological polar surface area (TPSA) is 32.8 Å². The van der Waals surface area contributed by atoms with E-state index in [4.69, 9.17) is 4.84 Å². The number of carbonyl (C=O) groups is 1. The Morgan fingerprint density at radius 1 is 1.00 bits per heavy atom. The number of nitrogens with zero attached hydrogens (tertiary/aromatic N) is 2. The van der Waals surface area contributed by atoms with E-state index in [1.807, 2.05) is 12.1 Å². The lowest BCUT2D eigenvalue weighted by Crippen LogP contribution is -2.31. The summed E-state index contributed by atoms with van der Waals surface area (Å²) in [5.74, 6) is -0.628. The minimum atomic E-state index is -0.415. The van der Waals surface area contributed by atoms with Crippen LogP contribution in [0.25, 0.3) is 0 Å². The normalized spacial score (nSPS) is 16.7. The average molecular weight is 312 g/mol. The lowest BCUT2D eigenvalue weighted by Gasteiger charge is -2.20. The summed E-state index contributed by atoms with van der Waals surface area (Å²) < 4.78 is 13.9. The zero-order valence-corrected chi connectivity index (χ0v) is 12.7. The molecule has 0 N–H and O–H groups in total. The van der Waals surface area contributed by atoms with Crippen LogP contribution in [0.3, 0.4) is 0 Å². The molecular formula is C18H17FN2O2. The van der Waals surface area contributed by atoms with Crippen molar-refractivity contribution in [1.82, 2.24) is 4.90 Å². The summed E-state index contributed by atoms with van der Waals surface area (Å²) in [6.45, 7) is 2.83. The largest absolute Gasteiger partial charge is 0.292 e. The molecule has 0 aromatic heterocycles. The number of amides is 1. The van der Waals surface area contributed by atoms with Crippen molar-refractivity contribution >= 4 is 11.6 Å². The lowest BCUT2D eigenvalue weighted by atomic mass is 10.1. The molecule has 2 aliphatic heterocycles. The van der Waals surface area contributed by atoms with Crippen LogP contribution in [-0.4, -0.2) is 24.0 Å². The summed E-state index contributed by atoms with van der Waals surface area (Å²) in [5.41, 5.74) is 3.62. The third kappa shape index (κ3) is 2.62. The van der Waals surface area contributed by atoms with Gasteiger partial charge in [0.15, 0.2) is 0 Å². The van der Waals surface area contributed by atoms with Gasteiger partial charge in [-0.3, -0.25) is 14.5 Å². The van der Waals surface area contributed by atoms with Crippen molar-refractivity contribution in [3.8, 4) is 0 Å². The number of halogens is 1. The number of rotatable bonds is 4. The van der Waals surface area contributed by atoms with E-state index in [2.05, 4.69) is 17.0 Å². The Labute approximate surface area is 134 Å². The van der Waals surface area contributed by atoms with Gasteiger partial charge in [0.1, 0.15) is 11.5 Å². The van der Waals surface area contributed by atoms with Crippen LogP contribution in [0.1, 0.15) is 16.7 Å². The molecular weight excluding hydrogens is 295 g/mol. The second kappa shape index (κ2) is 5.76. The molecule has 0 aliphatic carbocycles. The van der Waals surface area contributed by atoms with Gasteiger partial charge in [0, 0.05) is 19.6 Å². The number of benzene rings is 2. The molecule has 0 fully saturated rings. The van der Waals surface area contributed by atoms with Crippen molar-refractivity contribution in [2.24, 2.45) is 0 Å². The molecule has 0 saturated heterocycles. The van der Waals surface area contributed by atoms with Crippen LogP contribution in [0.5, 0.6) is 0 Å². The molecule has 0 atom stereocenters. The van der Waals surface area contributed by atoms with Gasteiger partial charge < -0.3 is 0 Å². The van der Waals surface area contributed by atoms with Gasteiger partial charge >= 0.3 is 0 Å². The molecule has 4 nitrogen and oxygen atoms in total. The highest BCUT2D eigenvalue weighted by molar-refractivity contribution is 5.99. The molecule has 2 aromatic carbocycles. The zero-order valence-electron chi connectivity index (χ0n) is 12.7. The van der Waals surface area contributed by atoms with Crippen molar-refractivity contribution in [2.45, 2.75) is 19.5 Å². The SMILES string of the molecule is O=C1Cc2cccc(F)c2N1OCCN1Cc2ccccc2C1. The lowest BCUT2D eigenvalue weighted by molar-refractivity contribution is -0.124. The molecule has 2 aliphatic rings. The highest BCUT2D eigenvalue weighted by Gasteiger charge is 2.31. The Morgan fingerprint density at radius 3 is 2.43 bits per heavy atom. The van der Waals surface area contributed by atoms with E-state index in [1.54, 1.807) is 12.1 Å². The van der Waals surface area contributed by atoms with Crippen LogP contribution in [0, 0.1) is 5.82 Å². The summed E-state index contributed by atoms with van der Waals surface area (Å²) in [6, 6.07) is 13.1. The fourth-order valence-electron chi connectivity index (χ4n) is 3.25. The Balaban J connectivity index is 1.37. The van der Waals surface area contributed by atoms with Gasteiger partial charge in [0.05, 0.1) is 13.0 Å². The van der Waals surface area contributed by atoms with Crippen LogP contribution in [-0.2, 0) is 29.1 Å². The molecule has 2 aromatic rings. The van der Waals surface area contributed by atoms with Gasteiger partial charge in [-0.2, -0.15) is 5.06 Å². The van der Waals surface area contributed by atoms with E-state index in [0.717, 1.165) is 18.2 Å². The Bertz CT molecular complexity index is 737. The number of para-hydroxylation sites is 1. The molecule has 23 heavy (non-hydrogen) atoms. The zero-order chi connectivity index (χ0) is 15.8. The Hall–Kier alpha value is -2.24. The molecule has 0 bridgehead atoms. The maximum Gasteiger partial charge on any atom is 0.255 e. The summed E-state index contributed by atoms with van der Waals surface area (Å²) in [4.78, 5) is 19.9. The van der Waals surface area contributed by atoms with E-state index >= 15 is 0 Å². The highest BCUT2D eigenvalue weighted by Crippen LogP contribution is 2.31. The molecule has 2 heterocycles. The van der Waals surface area contributed by atoms with E-state index in [1.165, 1.54) is 17.2 Å². The second-order valence-corrected chi connectivity index (χ2v) is 5.93. The maximum absolute atomic E-state index is 13.9.